The van der Waals surface area contributed by atoms with Crippen molar-refractivity contribution in [1.82, 2.24) is 14.9 Å². The summed E-state index contributed by atoms with van der Waals surface area (Å²) in [4.78, 5) is 17.2. The van der Waals surface area contributed by atoms with Gasteiger partial charge in [-0.3, -0.25) is 4.79 Å². The van der Waals surface area contributed by atoms with E-state index in [4.69, 9.17) is 9.72 Å². The third-order valence-corrected chi connectivity index (χ3v) is 7.19. The Bertz CT molecular complexity index is 1530. The standard InChI is InChI=1S/C32H32BrN3O2/c33-27-13-8-12-26(22-27)32(37)34-19-7-1-2-16-31-35-29-14-5-6-15-30(29)36(31)20-9-21-38-28-18-17-24-10-3-4-11-25(24)23-28/h3-6,8,10-15,17-18,22-23H,1-2,7,9,16,19-21H2,(H,34,37). The highest BCUT2D eigenvalue weighted by atomic mass is 79.9. The average molecular weight is 571 g/mol. The maximum atomic E-state index is 12.3. The van der Waals surface area contributed by atoms with Gasteiger partial charge >= 0.3 is 0 Å². The first kappa shape index (κ1) is 26.0. The van der Waals surface area contributed by atoms with Crippen LogP contribution < -0.4 is 10.1 Å². The molecule has 0 aliphatic rings. The van der Waals surface area contributed by atoms with Crippen molar-refractivity contribution in [3.05, 3.63) is 107 Å². The number of hydrogen-bond donors (Lipinski definition) is 1. The molecule has 0 aliphatic carbocycles. The highest BCUT2D eigenvalue weighted by Crippen LogP contribution is 2.22. The van der Waals surface area contributed by atoms with E-state index in [-0.39, 0.29) is 5.91 Å². The number of nitrogens with one attached hydrogen (secondary N) is 1. The number of unbranched alkanes of at least 4 members (excludes halogenated alkanes) is 2. The molecule has 0 fully saturated rings. The normalized spacial score (nSPS) is 11.2. The maximum absolute atomic E-state index is 12.3. The van der Waals surface area contributed by atoms with Gasteiger partial charge < -0.3 is 14.6 Å². The van der Waals surface area contributed by atoms with Gasteiger partial charge in [0.15, 0.2) is 0 Å². The molecule has 1 aromatic heterocycles. The third kappa shape index (κ3) is 6.62. The summed E-state index contributed by atoms with van der Waals surface area (Å²) in [6, 6.07) is 30.4. The molecular weight excluding hydrogens is 538 g/mol. The van der Waals surface area contributed by atoms with E-state index in [0.717, 1.165) is 60.2 Å². The van der Waals surface area contributed by atoms with E-state index in [1.165, 1.54) is 16.3 Å². The highest BCUT2D eigenvalue weighted by Gasteiger charge is 2.11. The number of carbonyl (C=O) groups excluding carboxylic acids is 1. The van der Waals surface area contributed by atoms with Crippen LogP contribution in [0.25, 0.3) is 21.8 Å². The number of benzene rings is 4. The van der Waals surface area contributed by atoms with Crippen molar-refractivity contribution in [3.8, 4) is 5.75 Å². The van der Waals surface area contributed by atoms with E-state index in [2.05, 4.69) is 80.4 Å². The van der Waals surface area contributed by atoms with Crippen LogP contribution in [0.4, 0.5) is 0 Å². The maximum Gasteiger partial charge on any atom is 0.251 e. The SMILES string of the molecule is O=C(NCCCCCc1nc2ccccc2n1CCCOc1ccc2ccccc2c1)c1cccc(Br)c1. The van der Waals surface area contributed by atoms with Crippen LogP contribution in [0.1, 0.15) is 41.9 Å². The average Bonchev–Trinajstić information content (AvgIpc) is 3.30. The molecule has 0 saturated carbocycles. The number of halogens is 1. The summed E-state index contributed by atoms with van der Waals surface area (Å²) in [6.07, 6.45) is 4.83. The number of fused-ring (bicyclic) bond motifs is 2. The van der Waals surface area contributed by atoms with E-state index in [1.807, 2.05) is 36.4 Å². The van der Waals surface area contributed by atoms with E-state index in [1.54, 1.807) is 0 Å². The summed E-state index contributed by atoms with van der Waals surface area (Å²) in [5.41, 5.74) is 2.89. The molecule has 0 radical (unpaired) electrons. The van der Waals surface area contributed by atoms with Gasteiger partial charge in [-0.15, -0.1) is 0 Å². The van der Waals surface area contributed by atoms with Crippen molar-refractivity contribution in [2.75, 3.05) is 13.2 Å². The second-order valence-electron chi connectivity index (χ2n) is 9.46. The zero-order chi connectivity index (χ0) is 26.2. The molecule has 0 spiro atoms. The monoisotopic (exact) mass is 569 g/mol. The third-order valence-electron chi connectivity index (χ3n) is 6.70. The molecule has 0 atom stereocenters. The molecule has 1 amide bonds. The Morgan fingerprint density at radius 3 is 2.58 bits per heavy atom. The zero-order valence-corrected chi connectivity index (χ0v) is 23.0. The summed E-state index contributed by atoms with van der Waals surface area (Å²) >= 11 is 3.42. The van der Waals surface area contributed by atoms with Crippen LogP contribution in [-0.4, -0.2) is 28.6 Å². The van der Waals surface area contributed by atoms with Crippen LogP contribution in [0.2, 0.25) is 0 Å². The lowest BCUT2D eigenvalue weighted by Gasteiger charge is -2.11. The Balaban J connectivity index is 1.10. The van der Waals surface area contributed by atoms with Crippen LogP contribution in [0.5, 0.6) is 5.75 Å². The molecule has 5 aromatic rings. The lowest BCUT2D eigenvalue weighted by Crippen LogP contribution is -2.24. The molecule has 4 aromatic carbocycles. The molecule has 0 unspecified atom stereocenters. The van der Waals surface area contributed by atoms with Crippen molar-refractivity contribution in [2.24, 2.45) is 0 Å². The first-order valence-electron chi connectivity index (χ1n) is 13.3. The fourth-order valence-corrected chi connectivity index (χ4v) is 5.15. The number of ether oxygens (including phenoxy) is 1. The second-order valence-corrected chi connectivity index (χ2v) is 10.4. The van der Waals surface area contributed by atoms with Gasteiger partial charge in [-0.25, -0.2) is 4.98 Å². The largest absolute Gasteiger partial charge is 0.494 e. The smallest absolute Gasteiger partial charge is 0.251 e. The van der Waals surface area contributed by atoms with E-state index in [0.29, 0.717) is 18.7 Å². The minimum Gasteiger partial charge on any atom is -0.494 e. The van der Waals surface area contributed by atoms with Gasteiger partial charge in [0.05, 0.1) is 17.6 Å². The quantitative estimate of drug-likeness (QED) is 0.158. The number of hydrogen-bond acceptors (Lipinski definition) is 3. The molecule has 0 aliphatic heterocycles. The summed E-state index contributed by atoms with van der Waals surface area (Å²) in [5, 5.41) is 5.44. The predicted octanol–water partition coefficient (Wildman–Crippen LogP) is 7.56. The molecule has 1 N–H and O–H groups in total. The first-order chi connectivity index (χ1) is 18.7. The van der Waals surface area contributed by atoms with Crippen molar-refractivity contribution in [1.29, 1.82) is 0 Å². The number of aryl methyl sites for hydroxylation is 2. The number of carbonyl (C=O) groups is 1. The van der Waals surface area contributed by atoms with Crippen molar-refractivity contribution < 1.29 is 9.53 Å². The molecule has 38 heavy (non-hydrogen) atoms. The fourth-order valence-electron chi connectivity index (χ4n) is 4.75. The van der Waals surface area contributed by atoms with Gasteiger partial charge in [-0.05, 0) is 72.5 Å². The molecular formula is C32H32BrN3O2. The van der Waals surface area contributed by atoms with Gasteiger partial charge in [0.25, 0.3) is 5.91 Å². The van der Waals surface area contributed by atoms with Gasteiger partial charge in [0.1, 0.15) is 11.6 Å². The number of amides is 1. The Morgan fingerprint density at radius 2 is 1.68 bits per heavy atom. The number of aromatic nitrogens is 2. The van der Waals surface area contributed by atoms with Gasteiger partial charge in [0.2, 0.25) is 0 Å². The Labute approximate surface area is 232 Å². The first-order valence-corrected chi connectivity index (χ1v) is 14.1. The summed E-state index contributed by atoms with van der Waals surface area (Å²) < 4.78 is 9.33. The van der Waals surface area contributed by atoms with Gasteiger partial charge in [-0.1, -0.05) is 70.9 Å². The number of rotatable bonds is 12. The summed E-state index contributed by atoms with van der Waals surface area (Å²) in [5.74, 6) is 2.00. The van der Waals surface area contributed by atoms with Crippen LogP contribution in [0.15, 0.2) is 95.5 Å². The van der Waals surface area contributed by atoms with Crippen LogP contribution in [0, 0.1) is 0 Å². The summed E-state index contributed by atoms with van der Waals surface area (Å²) in [6.45, 7) is 2.20. The number of imidazole rings is 1. The predicted molar refractivity (Wildman–Crippen MR) is 158 cm³/mol. The topological polar surface area (TPSA) is 56.2 Å². The van der Waals surface area contributed by atoms with E-state index >= 15 is 0 Å². The molecule has 194 valence electrons. The van der Waals surface area contributed by atoms with Crippen molar-refractivity contribution in [3.63, 3.8) is 0 Å². The number of para-hydroxylation sites is 2. The fraction of sp³-hybridized carbons (Fsp3) is 0.250. The van der Waals surface area contributed by atoms with Crippen LogP contribution >= 0.6 is 15.9 Å². The molecule has 0 saturated heterocycles. The Hall–Kier alpha value is -3.64. The van der Waals surface area contributed by atoms with Gasteiger partial charge in [-0.2, -0.15) is 0 Å². The minimum absolute atomic E-state index is 0.0287. The van der Waals surface area contributed by atoms with Crippen molar-refractivity contribution in [2.45, 2.75) is 38.6 Å². The van der Waals surface area contributed by atoms with Gasteiger partial charge in [0, 0.05) is 29.5 Å². The van der Waals surface area contributed by atoms with Crippen LogP contribution in [0.3, 0.4) is 0 Å². The lowest BCUT2D eigenvalue weighted by molar-refractivity contribution is 0.0953. The highest BCUT2D eigenvalue weighted by molar-refractivity contribution is 9.10. The Morgan fingerprint density at radius 1 is 0.842 bits per heavy atom. The Kier molecular flexibility index (Phi) is 8.71. The second kappa shape index (κ2) is 12.7. The lowest BCUT2D eigenvalue weighted by atomic mass is 10.1. The number of nitrogens with zero attached hydrogens (tertiary/aromatic N) is 2. The molecule has 1 heterocycles. The summed E-state index contributed by atoms with van der Waals surface area (Å²) in [7, 11) is 0. The minimum atomic E-state index is -0.0287. The molecule has 6 heteroatoms. The van der Waals surface area contributed by atoms with E-state index < -0.39 is 0 Å². The molecule has 5 nitrogen and oxygen atoms in total. The van der Waals surface area contributed by atoms with E-state index in [9.17, 15) is 4.79 Å². The van der Waals surface area contributed by atoms with Crippen LogP contribution in [-0.2, 0) is 13.0 Å². The zero-order valence-electron chi connectivity index (χ0n) is 21.4. The molecule has 0 bridgehead atoms. The molecule has 5 rings (SSSR count). The van der Waals surface area contributed by atoms with Crippen molar-refractivity contribution >= 4 is 43.6 Å².